The molecule has 0 bridgehead atoms. The van der Waals surface area contributed by atoms with Gasteiger partial charge in [0.05, 0.1) is 13.2 Å². The van der Waals surface area contributed by atoms with Crippen LogP contribution in [0.5, 0.6) is 5.75 Å². The minimum atomic E-state index is -0.0737. The molecule has 1 aliphatic rings. The van der Waals surface area contributed by atoms with Crippen LogP contribution in [0.3, 0.4) is 0 Å². The average molecular weight is 252 g/mol. The van der Waals surface area contributed by atoms with Gasteiger partial charge in [-0.05, 0) is 25.3 Å². The predicted octanol–water partition coefficient (Wildman–Crippen LogP) is 2.10. The molecule has 0 unspecified atom stereocenters. The molecule has 4 heteroatoms. The lowest BCUT2D eigenvalue weighted by molar-refractivity contribution is -0.165. The van der Waals surface area contributed by atoms with Gasteiger partial charge in [-0.15, -0.1) is 0 Å². The molecule has 0 aliphatic carbocycles. The van der Waals surface area contributed by atoms with Crippen molar-refractivity contribution in [2.45, 2.75) is 32.2 Å². The van der Waals surface area contributed by atoms with Crippen LogP contribution in [0.2, 0.25) is 0 Å². The fraction of sp³-hybridized carbons (Fsp3) is 0.571. The van der Waals surface area contributed by atoms with E-state index >= 15 is 0 Å². The summed E-state index contributed by atoms with van der Waals surface area (Å²) >= 11 is 0. The van der Waals surface area contributed by atoms with Crippen molar-refractivity contribution in [1.82, 2.24) is 0 Å². The van der Waals surface area contributed by atoms with E-state index in [0.29, 0.717) is 19.0 Å². The Balaban J connectivity index is 1.68. The van der Waals surface area contributed by atoms with Crippen LogP contribution in [0.25, 0.3) is 0 Å². The molecule has 1 aromatic carbocycles. The molecular weight excluding hydrogens is 232 g/mol. The molecule has 1 N–H and O–H groups in total. The van der Waals surface area contributed by atoms with Crippen molar-refractivity contribution in [1.29, 1.82) is 0 Å². The Bertz CT molecular complexity index is 347. The monoisotopic (exact) mass is 252 g/mol. The van der Waals surface area contributed by atoms with Crippen LogP contribution in [0.1, 0.15) is 24.8 Å². The molecule has 0 radical (unpaired) electrons. The standard InChI is InChI=1S/C14H20O4/c15-11-12-5-1-2-6-13(12)16-9-10-18-14-7-3-4-8-17-14/h1-2,5-6,14-15H,3-4,7-11H2/t14-/m0/s1. The molecule has 1 atom stereocenters. The summed E-state index contributed by atoms with van der Waals surface area (Å²) in [5, 5.41) is 9.15. The zero-order valence-corrected chi connectivity index (χ0v) is 10.5. The Labute approximate surface area is 107 Å². The number of hydrogen-bond donors (Lipinski definition) is 1. The highest BCUT2D eigenvalue weighted by molar-refractivity contribution is 5.32. The maximum Gasteiger partial charge on any atom is 0.157 e. The van der Waals surface area contributed by atoms with Crippen molar-refractivity contribution in [2.24, 2.45) is 0 Å². The van der Waals surface area contributed by atoms with E-state index in [1.165, 1.54) is 6.42 Å². The second-order valence-electron chi connectivity index (χ2n) is 4.28. The van der Waals surface area contributed by atoms with E-state index in [1.54, 1.807) is 0 Å². The largest absolute Gasteiger partial charge is 0.491 e. The SMILES string of the molecule is OCc1ccccc1OCCO[C@H]1CCCCO1. The third-order valence-corrected chi connectivity index (χ3v) is 2.93. The molecular formula is C14H20O4. The molecule has 1 aliphatic heterocycles. The first-order valence-corrected chi connectivity index (χ1v) is 6.45. The molecule has 100 valence electrons. The lowest BCUT2D eigenvalue weighted by atomic mass is 10.2. The Morgan fingerprint density at radius 3 is 2.89 bits per heavy atom. The van der Waals surface area contributed by atoms with Gasteiger partial charge in [0.2, 0.25) is 0 Å². The molecule has 18 heavy (non-hydrogen) atoms. The van der Waals surface area contributed by atoms with Gasteiger partial charge >= 0.3 is 0 Å². The van der Waals surface area contributed by atoms with Crippen molar-refractivity contribution < 1.29 is 19.3 Å². The van der Waals surface area contributed by atoms with Gasteiger partial charge in [0.25, 0.3) is 0 Å². The van der Waals surface area contributed by atoms with Gasteiger partial charge in [-0.2, -0.15) is 0 Å². The van der Waals surface area contributed by atoms with Gasteiger partial charge in [-0.3, -0.25) is 0 Å². The third-order valence-electron chi connectivity index (χ3n) is 2.93. The molecule has 1 aromatic rings. The van der Waals surface area contributed by atoms with Gasteiger partial charge in [0.15, 0.2) is 6.29 Å². The normalized spacial score (nSPS) is 19.7. The molecule has 0 aromatic heterocycles. The number of aliphatic hydroxyl groups excluding tert-OH is 1. The second-order valence-corrected chi connectivity index (χ2v) is 4.28. The van der Waals surface area contributed by atoms with Crippen LogP contribution in [-0.4, -0.2) is 31.2 Å². The maximum atomic E-state index is 9.15. The molecule has 2 rings (SSSR count). The van der Waals surface area contributed by atoms with Crippen LogP contribution in [0, 0.1) is 0 Å². The van der Waals surface area contributed by atoms with Gasteiger partial charge in [-0.25, -0.2) is 0 Å². The van der Waals surface area contributed by atoms with Crippen molar-refractivity contribution in [3.05, 3.63) is 29.8 Å². The predicted molar refractivity (Wildman–Crippen MR) is 67.4 cm³/mol. The summed E-state index contributed by atoms with van der Waals surface area (Å²) < 4.78 is 16.6. The number of hydrogen-bond acceptors (Lipinski definition) is 4. The molecule has 0 amide bonds. The lowest BCUT2D eigenvalue weighted by Gasteiger charge is -2.22. The average Bonchev–Trinajstić information content (AvgIpc) is 2.45. The Morgan fingerprint density at radius 1 is 1.22 bits per heavy atom. The van der Waals surface area contributed by atoms with E-state index in [0.717, 1.165) is 25.0 Å². The first kappa shape index (κ1) is 13.3. The van der Waals surface area contributed by atoms with E-state index in [2.05, 4.69) is 0 Å². The molecule has 1 fully saturated rings. The quantitative estimate of drug-likeness (QED) is 0.788. The minimum absolute atomic E-state index is 0.0111. The van der Waals surface area contributed by atoms with Crippen molar-refractivity contribution >= 4 is 0 Å². The number of para-hydroxylation sites is 1. The first-order chi connectivity index (χ1) is 8.90. The zero-order valence-electron chi connectivity index (χ0n) is 10.5. The fourth-order valence-corrected chi connectivity index (χ4v) is 1.95. The zero-order chi connectivity index (χ0) is 12.6. The number of benzene rings is 1. The highest BCUT2D eigenvalue weighted by Gasteiger charge is 2.13. The van der Waals surface area contributed by atoms with E-state index in [1.807, 2.05) is 24.3 Å². The molecule has 4 nitrogen and oxygen atoms in total. The van der Waals surface area contributed by atoms with E-state index in [9.17, 15) is 0 Å². The molecule has 1 saturated heterocycles. The van der Waals surface area contributed by atoms with Gasteiger partial charge in [-0.1, -0.05) is 18.2 Å². The summed E-state index contributed by atoms with van der Waals surface area (Å²) in [7, 11) is 0. The van der Waals surface area contributed by atoms with Crippen molar-refractivity contribution in [3.63, 3.8) is 0 Å². The molecule has 1 heterocycles. The first-order valence-electron chi connectivity index (χ1n) is 6.45. The van der Waals surface area contributed by atoms with Gasteiger partial charge < -0.3 is 19.3 Å². The summed E-state index contributed by atoms with van der Waals surface area (Å²) in [5.41, 5.74) is 0.798. The summed E-state index contributed by atoms with van der Waals surface area (Å²) in [6.07, 6.45) is 3.18. The van der Waals surface area contributed by atoms with E-state index in [4.69, 9.17) is 19.3 Å². The fourth-order valence-electron chi connectivity index (χ4n) is 1.95. The molecule has 0 saturated carbocycles. The minimum Gasteiger partial charge on any atom is -0.491 e. The van der Waals surface area contributed by atoms with Crippen LogP contribution < -0.4 is 4.74 Å². The maximum absolute atomic E-state index is 9.15. The topological polar surface area (TPSA) is 47.9 Å². The summed E-state index contributed by atoms with van der Waals surface area (Å²) in [6.45, 7) is 1.75. The van der Waals surface area contributed by atoms with Gasteiger partial charge in [0, 0.05) is 12.2 Å². The van der Waals surface area contributed by atoms with Crippen LogP contribution in [0.4, 0.5) is 0 Å². The second kappa shape index (κ2) is 7.36. The van der Waals surface area contributed by atoms with Crippen LogP contribution in [-0.2, 0) is 16.1 Å². The van der Waals surface area contributed by atoms with E-state index < -0.39 is 0 Å². The number of ether oxygens (including phenoxy) is 3. The summed E-state index contributed by atoms with van der Waals surface area (Å²) in [4.78, 5) is 0. The highest BCUT2D eigenvalue weighted by atomic mass is 16.7. The Hall–Kier alpha value is -1.10. The van der Waals surface area contributed by atoms with Crippen molar-refractivity contribution in [3.8, 4) is 5.75 Å². The molecule has 0 spiro atoms. The smallest absolute Gasteiger partial charge is 0.157 e. The Morgan fingerprint density at radius 2 is 2.11 bits per heavy atom. The Kier molecular flexibility index (Phi) is 5.45. The third kappa shape index (κ3) is 3.98. The van der Waals surface area contributed by atoms with Crippen LogP contribution in [0.15, 0.2) is 24.3 Å². The number of aliphatic hydroxyl groups is 1. The van der Waals surface area contributed by atoms with E-state index in [-0.39, 0.29) is 12.9 Å². The highest BCUT2D eigenvalue weighted by Crippen LogP contribution is 2.18. The summed E-state index contributed by atoms with van der Waals surface area (Å²) in [5.74, 6) is 0.716. The van der Waals surface area contributed by atoms with Gasteiger partial charge in [0.1, 0.15) is 12.4 Å². The lowest BCUT2D eigenvalue weighted by Crippen LogP contribution is -2.24. The van der Waals surface area contributed by atoms with Crippen molar-refractivity contribution in [2.75, 3.05) is 19.8 Å². The van der Waals surface area contributed by atoms with Crippen LogP contribution >= 0.6 is 0 Å². The number of rotatable bonds is 6. The summed E-state index contributed by atoms with van der Waals surface area (Å²) in [6, 6.07) is 7.47.